The minimum Gasteiger partial charge on any atom is -0.491 e. The minimum atomic E-state index is -0.409. The van der Waals surface area contributed by atoms with Gasteiger partial charge in [0.2, 0.25) is 0 Å². The molecule has 0 radical (unpaired) electrons. The van der Waals surface area contributed by atoms with Gasteiger partial charge in [-0.2, -0.15) is 5.10 Å². The number of carbonyl (C=O) groups is 1. The Balaban J connectivity index is 1.71. The van der Waals surface area contributed by atoms with Gasteiger partial charge in [-0.15, -0.1) is 0 Å². The Morgan fingerprint density at radius 1 is 1.13 bits per heavy atom. The molecule has 0 saturated heterocycles. The highest BCUT2D eigenvalue weighted by Gasteiger charge is 2.24. The van der Waals surface area contributed by atoms with Crippen molar-refractivity contribution in [2.75, 3.05) is 25.8 Å². The molecule has 0 spiro atoms. The van der Waals surface area contributed by atoms with Crippen LogP contribution in [0.15, 0.2) is 71.7 Å². The van der Waals surface area contributed by atoms with Crippen LogP contribution in [0, 0.1) is 0 Å². The van der Waals surface area contributed by atoms with Crippen LogP contribution < -0.4 is 20.6 Å². The first-order valence-electron chi connectivity index (χ1n) is 9.73. The Labute approximate surface area is 179 Å². The molecule has 1 aliphatic rings. The van der Waals surface area contributed by atoms with Crippen molar-refractivity contribution in [3.8, 4) is 5.75 Å². The normalized spacial score (nSPS) is 13.1. The number of hydrogen-bond acceptors (Lipinski definition) is 7. The first-order valence-corrected chi connectivity index (χ1v) is 9.73. The Morgan fingerprint density at radius 3 is 2.68 bits per heavy atom. The van der Waals surface area contributed by atoms with Gasteiger partial charge < -0.3 is 9.47 Å². The second-order valence-electron chi connectivity index (χ2n) is 6.89. The molecule has 2 aromatic carbocycles. The molecule has 2 heterocycles. The van der Waals surface area contributed by atoms with Crippen LogP contribution in [0.4, 0.5) is 5.69 Å². The van der Waals surface area contributed by atoms with Crippen molar-refractivity contribution >= 4 is 17.4 Å². The van der Waals surface area contributed by atoms with E-state index in [0.717, 1.165) is 11.3 Å². The highest BCUT2D eigenvalue weighted by atomic mass is 16.5. The van der Waals surface area contributed by atoms with Crippen LogP contribution in [-0.4, -0.2) is 36.5 Å². The third-order valence-electron chi connectivity index (χ3n) is 4.89. The van der Waals surface area contributed by atoms with Crippen LogP contribution in [0.2, 0.25) is 0 Å². The van der Waals surface area contributed by atoms with E-state index < -0.39 is 5.97 Å². The Kier molecular flexibility index (Phi) is 5.81. The predicted octanol–water partition coefficient (Wildman–Crippen LogP) is 2.45. The molecular weight excluding hydrogens is 396 g/mol. The molecule has 1 aromatic heterocycles. The number of esters is 1. The van der Waals surface area contributed by atoms with Gasteiger partial charge in [-0.1, -0.05) is 30.3 Å². The maximum absolute atomic E-state index is 13.0. The summed E-state index contributed by atoms with van der Waals surface area (Å²) < 4.78 is 11.8. The largest absolute Gasteiger partial charge is 0.491 e. The number of carbonyl (C=O) groups excluding carboxylic acids is 1. The summed E-state index contributed by atoms with van der Waals surface area (Å²) in [5.74, 6) is -0.219. The summed E-state index contributed by atoms with van der Waals surface area (Å²) in [6.45, 7) is 0.921. The van der Waals surface area contributed by atoms with Gasteiger partial charge in [-0.05, 0) is 35.9 Å². The summed E-state index contributed by atoms with van der Waals surface area (Å²) >= 11 is 0. The van der Waals surface area contributed by atoms with Crippen LogP contribution >= 0.6 is 0 Å². The molecule has 0 amide bonds. The van der Waals surface area contributed by atoms with Crippen molar-refractivity contribution in [2.45, 2.75) is 6.54 Å². The fourth-order valence-corrected chi connectivity index (χ4v) is 3.43. The van der Waals surface area contributed by atoms with Gasteiger partial charge in [0, 0.05) is 6.54 Å². The smallest absolute Gasteiger partial charge is 0.337 e. The average Bonchev–Trinajstić information content (AvgIpc) is 3.30. The Hall–Kier alpha value is -3.91. The van der Waals surface area contributed by atoms with Crippen LogP contribution in [0.5, 0.6) is 5.75 Å². The standard InChI is InChI=1S/C23H22N4O4/c1-30-20-15-26(14-16-7-6-8-17(13-16)23(29)31-2)25-21(22(20)28)19-11-12-24-27(19)18-9-4-3-5-10-18/h3-11,13,15,24H,12,14H2,1-2H3. The number of methoxy groups -OCH3 is 2. The van der Waals surface area contributed by atoms with E-state index in [9.17, 15) is 9.59 Å². The van der Waals surface area contributed by atoms with Crippen molar-refractivity contribution in [1.82, 2.24) is 15.2 Å². The van der Waals surface area contributed by atoms with Crippen LogP contribution in [0.3, 0.4) is 0 Å². The zero-order chi connectivity index (χ0) is 21.8. The van der Waals surface area contributed by atoms with Crippen molar-refractivity contribution in [1.29, 1.82) is 0 Å². The van der Waals surface area contributed by atoms with Crippen LogP contribution in [0.1, 0.15) is 21.6 Å². The fraction of sp³-hybridized carbons (Fsp3) is 0.174. The lowest BCUT2D eigenvalue weighted by atomic mass is 10.1. The molecule has 0 aliphatic carbocycles. The van der Waals surface area contributed by atoms with Gasteiger partial charge in [0.25, 0.3) is 5.43 Å². The maximum Gasteiger partial charge on any atom is 0.337 e. The molecule has 0 bridgehead atoms. The lowest BCUT2D eigenvalue weighted by Crippen LogP contribution is -2.33. The lowest BCUT2D eigenvalue weighted by Gasteiger charge is -2.22. The van der Waals surface area contributed by atoms with Crippen LogP contribution in [-0.2, 0) is 11.3 Å². The molecule has 8 heteroatoms. The molecule has 8 nitrogen and oxygen atoms in total. The molecule has 1 aliphatic heterocycles. The third-order valence-corrected chi connectivity index (χ3v) is 4.89. The quantitative estimate of drug-likeness (QED) is 0.616. The molecule has 3 aromatic rings. The van der Waals surface area contributed by atoms with E-state index in [2.05, 4.69) is 10.5 Å². The number of hydrazine groups is 1. The Bertz CT molecular complexity index is 1190. The number of hydrogen-bond donors (Lipinski definition) is 1. The highest BCUT2D eigenvalue weighted by molar-refractivity contribution is 5.89. The van der Waals surface area contributed by atoms with Gasteiger partial charge in [0.05, 0.1) is 43.9 Å². The summed E-state index contributed by atoms with van der Waals surface area (Å²) in [4.78, 5) is 24.8. The second kappa shape index (κ2) is 8.85. The van der Waals surface area contributed by atoms with E-state index >= 15 is 0 Å². The van der Waals surface area contributed by atoms with Gasteiger partial charge >= 0.3 is 5.97 Å². The molecular formula is C23H22N4O4. The number of ether oxygens (including phenoxy) is 2. The number of aromatic nitrogens is 2. The topological polar surface area (TPSA) is 85.7 Å². The summed E-state index contributed by atoms with van der Waals surface area (Å²) in [5, 5.41) is 6.43. The molecule has 158 valence electrons. The maximum atomic E-state index is 13.0. The van der Waals surface area contributed by atoms with E-state index in [-0.39, 0.29) is 16.9 Å². The number of nitrogens with one attached hydrogen (secondary N) is 1. The minimum absolute atomic E-state index is 0.190. The number of nitrogens with zero attached hydrogens (tertiary/aromatic N) is 3. The lowest BCUT2D eigenvalue weighted by molar-refractivity contribution is 0.0600. The summed E-state index contributed by atoms with van der Waals surface area (Å²) in [5.41, 5.74) is 6.07. The zero-order valence-corrected chi connectivity index (χ0v) is 17.2. The number of benzene rings is 2. The van der Waals surface area contributed by atoms with Gasteiger partial charge in [0.1, 0.15) is 0 Å². The van der Waals surface area contributed by atoms with E-state index in [1.807, 2.05) is 47.5 Å². The molecule has 1 N–H and O–H groups in total. The van der Waals surface area contributed by atoms with E-state index in [1.165, 1.54) is 14.2 Å². The molecule has 0 fully saturated rings. The summed E-state index contributed by atoms with van der Waals surface area (Å²) in [6, 6.07) is 16.8. The van der Waals surface area contributed by atoms with Gasteiger partial charge in [0.15, 0.2) is 11.4 Å². The second-order valence-corrected chi connectivity index (χ2v) is 6.89. The highest BCUT2D eigenvalue weighted by Crippen LogP contribution is 2.25. The van der Waals surface area contributed by atoms with Crippen molar-refractivity contribution in [2.24, 2.45) is 0 Å². The first-order chi connectivity index (χ1) is 15.1. The van der Waals surface area contributed by atoms with Gasteiger partial charge in [-0.3, -0.25) is 14.5 Å². The Morgan fingerprint density at radius 2 is 1.94 bits per heavy atom. The molecule has 0 saturated carbocycles. The van der Waals surface area contributed by atoms with E-state index in [1.54, 1.807) is 29.1 Å². The van der Waals surface area contributed by atoms with E-state index in [0.29, 0.717) is 24.4 Å². The average molecular weight is 418 g/mol. The third kappa shape index (κ3) is 4.19. The van der Waals surface area contributed by atoms with Crippen molar-refractivity contribution in [3.63, 3.8) is 0 Å². The van der Waals surface area contributed by atoms with Crippen molar-refractivity contribution in [3.05, 3.63) is 93.9 Å². The molecule has 4 rings (SSSR count). The number of rotatable bonds is 6. The molecule has 0 unspecified atom stereocenters. The predicted molar refractivity (Wildman–Crippen MR) is 117 cm³/mol. The zero-order valence-electron chi connectivity index (χ0n) is 17.2. The number of para-hydroxylation sites is 1. The fourth-order valence-electron chi connectivity index (χ4n) is 3.43. The van der Waals surface area contributed by atoms with Crippen LogP contribution in [0.25, 0.3) is 5.70 Å². The summed E-state index contributed by atoms with van der Waals surface area (Å²) in [7, 11) is 2.80. The van der Waals surface area contributed by atoms with Crippen molar-refractivity contribution < 1.29 is 14.3 Å². The first kappa shape index (κ1) is 20.4. The molecule has 31 heavy (non-hydrogen) atoms. The van der Waals surface area contributed by atoms with E-state index in [4.69, 9.17) is 9.47 Å². The van der Waals surface area contributed by atoms with Gasteiger partial charge in [-0.25, -0.2) is 10.2 Å². The number of anilines is 1. The molecule has 0 atom stereocenters. The monoisotopic (exact) mass is 418 g/mol. The SMILES string of the molecule is COC(=O)c1cccc(Cn2cc(OC)c(=O)c(C3=CCNN3c3ccccc3)n2)c1. The summed E-state index contributed by atoms with van der Waals surface area (Å²) in [6.07, 6.45) is 3.48.